The Kier molecular flexibility index (Phi) is 4.68. The number of ether oxygens (including phenoxy) is 1. The first-order valence-corrected chi connectivity index (χ1v) is 6.90. The number of hydrogen-bond acceptors (Lipinski definition) is 5. The minimum absolute atomic E-state index is 0.0407. The highest BCUT2D eigenvalue weighted by Gasteiger charge is 2.36. The van der Waals surface area contributed by atoms with Crippen LogP contribution in [0.4, 0.5) is 0 Å². The highest BCUT2D eigenvalue weighted by Crippen LogP contribution is 2.37. The zero-order valence-electron chi connectivity index (χ0n) is 12.4. The second-order valence-electron chi connectivity index (χ2n) is 5.44. The van der Waals surface area contributed by atoms with E-state index >= 15 is 0 Å². The molecule has 2 atom stereocenters. The Morgan fingerprint density at radius 1 is 1.23 bits per heavy atom. The summed E-state index contributed by atoms with van der Waals surface area (Å²) in [4.78, 5) is 23.1. The molecule has 0 fully saturated rings. The molecule has 0 amide bonds. The first-order valence-electron chi connectivity index (χ1n) is 6.90. The van der Waals surface area contributed by atoms with Crippen LogP contribution in [0.15, 0.2) is 12.1 Å². The Bertz CT molecular complexity index is 584. The molecule has 0 bridgehead atoms. The molecule has 2 rings (SSSR count). The number of rotatable bonds is 5. The lowest BCUT2D eigenvalue weighted by molar-refractivity contribution is -0.144. The average Bonchev–Trinajstić information content (AvgIpc) is 2.41. The van der Waals surface area contributed by atoms with Crippen molar-refractivity contribution in [3.05, 3.63) is 28.8 Å². The highest BCUT2D eigenvalue weighted by molar-refractivity contribution is 5.72. The largest absolute Gasteiger partial charge is 0.491 e. The van der Waals surface area contributed by atoms with E-state index in [0.29, 0.717) is 11.3 Å². The van der Waals surface area contributed by atoms with Gasteiger partial charge in [-0.15, -0.1) is 0 Å². The van der Waals surface area contributed by atoms with Gasteiger partial charge in [-0.25, -0.2) is 0 Å². The summed E-state index contributed by atoms with van der Waals surface area (Å²) in [5.74, 6) is -1.71. The fourth-order valence-electron chi connectivity index (χ4n) is 2.65. The normalized spacial score (nSPS) is 20.4. The fraction of sp³-hybridized carbons (Fsp3) is 0.467. The molecule has 22 heavy (non-hydrogen) atoms. The monoisotopic (exact) mass is 309 g/mol. The number of aliphatic hydroxyl groups excluding tert-OH is 1. The Hall–Kier alpha value is -2.12. The van der Waals surface area contributed by atoms with Crippen LogP contribution in [0, 0.1) is 13.8 Å². The maximum Gasteiger partial charge on any atom is 0.317 e. The number of aryl methyl sites for hydroxylation is 1. The Labute approximate surface area is 127 Å². The third-order valence-electron chi connectivity index (χ3n) is 3.93. The van der Waals surface area contributed by atoms with Crippen molar-refractivity contribution in [2.75, 3.05) is 19.7 Å². The number of fused-ring (bicyclic) bond motifs is 1. The molecule has 3 N–H and O–H groups in total. The molecule has 1 heterocycles. The molecule has 120 valence electrons. The van der Waals surface area contributed by atoms with E-state index in [0.717, 1.165) is 11.1 Å². The van der Waals surface area contributed by atoms with Gasteiger partial charge in [-0.3, -0.25) is 14.5 Å². The lowest BCUT2D eigenvalue weighted by Gasteiger charge is -2.37. The van der Waals surface area contributed by atoms with Gasteiger partial charge in [-0.05, 0) is 25.0 Å². The molecule has 7 heteroatoms. The van der Waals surface area contributed by atoms with Crippen LogP contribution in [-0.4, -0.2) is 57.9 Å². The van der Waals surface area contributed by atoms with Crippen LogP contribution in [0.2, 0.25) is 0 Å². The van der Waals surface area contributed by atoms with E-state index in [1.165, 1.54) is 4.90 Å². The van der Waals surface area contributed by atoms with Crippen molar-refractivity contribution in [3.63, 3.8) is 0 Å². The number of hydrogen-bond donors (Lipinski definition) is 3. The van der Waals surface area contributed by atoms with E-state index in [-0.39, 0.29) is 6.61 Å². The predicted molar refractivity (Wildman–Crippen MR) is 77.0 cm³/mol. The van der Waals surface area contributed by atoms with Crippen molar-refractivity contribution in [2.24, 2.45) is 0 Å². The molecule has 0 spiro atoms. The molecule has 1 aliphatic heterocycles. The third-order valence-corrected chi connectivity index (χ3v) is 3.93. The number of benzene rings is 1. The number of carbonyl (C=O) groups is 2. The SMILES string of the molecule is Cc1ccc2c(c1C)OCC(N(CC(=O)O)CC(=O)O)C2O. The molecule has 7 nitrogen and oxygen atoms in total. The van der Waals surface area contributed by atoms with Gasteiger partial charge in [-0.1, -0.05) is 12.1 Å². The molecule has 0 saturated carbocycles. The van der Waals surface area contributed by atoms with Gasteiger partial charge in [0, 0.05) is 5.56 Å². The van der Waals surface area contributed by atoms with Gasteiger partial charge < -0.3 is 20.1 Å². The summed E-state index contributed by atoms with van der Waals surface area (Å²) in [6, 6.07) is 2.86. The van der Waals surface area contributed by atoms with Crippen LogP contribution in [0.1, 0.15) is 22.8 Å². The Balaban J connectivity index is 2.31. The van der Waals surface area contributed by atoms with Crippen LogP contribution in [0.3, 0.4) is 0 Å². The van der Waals surface area contributed by atoms with E-state index in [1.807, 2.05) is 19.9 Å². The van der Waals surface area contributed by atoms with Crippen molar-refractivity contribution in [2.45, 2.75) is 26.0 Å². The lowest BCUT2D eigenvalue weighted by atomic mass is 9.93. The topological polar surface area (TPSA) is 107 Å². The van der Waals surface area contributed by atoms with Crippen molar-refractivity contribution >= 4 is 11.9 Å². The summed E-state index contributed by atoms with van der Waals surface area (Å²) in [5.41, 5.74) is 2.50. The number of carboxylic acid groups (broad SMARTS) is 2. The summed E-state index contributed by atoms with van der Waals surface area (Å²) in [5, 5.41) is 28.4. The third kappa shape index (κ3) is 3.20. The molecule has 0 saturated heterocycles. The molecular formula is C15H19NO6. The Morgan fingerprint density at radius 2 is 1.82 bits per heavy atom. The van der Waals surface area contributed by atoms with Crippen molar-refractivity contribution in [3.8, 4) is 5.75 Å². The lowest BCUT2D eigenvalue weighted by Crippen LogP contribution is -2.50. The first-order chi connectivity index (χ1) is 10.3. The van der Waals surface area contributed by atoms with Gasteiger partial charge in [0.1, 0.15) is 18.5 Å². The molecule has 1 aromatic carbocycles. The molecule has 0 radical (unpaired) electrons. The van der Waals surface area contributed by atoms with Gasteiger partial charge >= 0.3 is 11.9 Å². The minimum Gasteiger partial charge on any atom is -0.491 e. The molecule has 1 aliphatic rings. The van der Waals surface area contributed by atoms with Gasteiger partial charge in [0.15, 0.2) is 0 Å². The highest BCUT2D eigenvalue weighted by atomic mass is 16.5. The van der Waals surface area contributed by atoms with Crippen molar-refractivity contribution < 1.29 is 29.6 Å². The molecule has 0 aromatic heterocycles. The summed E-state index contributed by atoms with van der Waals surface area (Å²) in [6.45, 7) is 2.90. The van der Waals surface area contributed by atoms with E-state index < -0.39 is 37.2 Å². The van der Waals surface area contributed by atoms with Crippen molar-refractivity contribution in [1.82, 2.24) is 4.90 Å². The van der Waals surface area contributed by atoms with Gasteiger partial charge in [0.2, 0.25) is 0 Å². The van der Waals surface area contributed by atoms with Crippen LogP contribution in [-0.2, 0) is 9.59 Å². The van der Waals surface area contributed by atoms with Crippen LogP contribution < -0.4 is 4.74 Å². The second kappa shape index (κ2) is 6.33. The summed E-state index contributed by atoms with van der Waals surface area (Å²) < 4.78 is 5.67. The zero-order chi connectivity index (χ0) is 16.4. The molecular weight excluding hydrogens is 290 g/mol. The van der Waals surface area contributed by atoms with Gasteiger partial charge in [0.25, 0.3) is 0 Å². The smallest absolute Gasteiger partial charge is 0.317 e. The van der Waals surface area contributed by atoms with E-state index in [2.05, 4.69) is 0 Å². The number of carboxylic acids is 2. The zero-order valence-corrected chi connectivity index (χ0v) is 12.4. The van der Waals surface area contributed by atoms with Crippen molar-refractivity contribution in [1.29, 1.82) is 0 Å². The molecule has 2 unspecified atom stereocenters. The number of aliphatic carboxylic acids is 2. The van der Waals surface area contributed by atoms with E-state index in [4.69, 9.17) is 14.9 Å². The summed E-state index contributed by atoms with van der Waals surface area (Å²) in [7, 11) is 0. The van der Waals surface area contributed by atoms with Crippen LogP contribution >= 0.6 is 0 Å². The fourth-order valence-corrected chi connectivity index (χ4v) is 2.65. The van der Waals surface area contributed by atoms with Gasteiger partial charge in [-0.2, -0.15) is 0 Å². The number of aliphatic hydroxyl groups is 1. The predicted octanol–water partition coefficient (Wildman–Crippen LogP) is 0.569. The standard InChI is InChI=1S/C15H19NO6/c1-8-3-4-10-14(21)11(7-22-15(10)9(8)2)16(5-12(17)18)6-13(19)20/h3-4,11,14,21H,5-7H2,1-2H3,(H,17,18)(H,19,20). The molecule has 1 aromatic rings. The Morgan fingerprint density at radius 3 is 2.36 bits per heavy atom. The molecule has 0 aliphatic carbocycles. The summed E-state index contributed by atoms with van der Waals surface area (Å²) >= 11 is 0. The van der Waals surface area contributed by atoms with E-state index in [9.17, 15) is 14.7 Å². The maximum absolute atomic E-state index is 10.9. The van der Waals surface area contributed by atoms with Gasteiger partial charge in [0.05, 0.1) is 19.1 Å². The quantitative estimate of drug-likeness (QED) is 0.730. The maximum atomic E-state index is 10.9. The second-order valence-corrected chi connectivity index (χ2v) is 5.44. The van der Waals surface area contributed by atoms with E-state index in [1.54, 1.807) is 6.07 Å². The first kappa shape index (κ1) is 16.3. The number of nitrogens with zero attached hydrogens (tertiary/aromatic N) is 1. The minimum atomic E-state index is -1.15. The van der Waals surface area contributed by atoms with Crippen LogP contribution in [0.25, 0.3) is 0 Å². The van der Waals surface area contributed by atoms with Crippen LogP contribution in [0.5, 0.6) is 5.75 Å². The summed E-state index contributed by atoms with van der Waals surface area (Å²) in [6.07, 6.45) is -0.998. The average molecular weight is 309 g/mol.